The lowest BCUT2D eigenvalue weighted by Crippen LogP contribution is -2.47. The fourth-order valence-corrected chi connectivity index (χ4v) is 3.40. The molecule has 1 fully saturated rings. The Morgan fingerprint density at radius 1 is 1.07 bits per heavy atom. The van der Waals surface area contributed by atoms with Crippen LogP contribution in [0.1, 0.15) is 71.9 Å². The monoisotopic (exact) mass is 405 g/mol. The summed E-state index contributed by atoms with van der Waals surface area (Å²) in [5, 5.41) is 11.3. The molecule has 1 aliphatic rings. The van der Waals surface area contributed by atoms with Gasteiger partial charge >= 0.3 is 12.1 Å². The summed E-state index contributed by atoms with van der Waals surface area (Å²) in [4.78, 5) is 26.0. The maximum Gasteiger partial charge on any atom is 0.410 e. The summed E-state index contributed by atoms with van der Waals surface area (Å²) in [6.45, 7) is 12.4. The van der Waals surface area contributed by atoms with Gasteiger partial charge in [-0.3, -0.25) is 4.79 Å². The van der Waals surface area contributed by atoms with Crippen LogP contribution in [0.2, 0.25) is 0 Å². The second kappa shape index (κ2) is 8.74. The lowest BCUT2D eigenvalue weighted by atomic mass is 9.82. The van der Waals surface area contributed by atoms with E-state index in [1.54, 1.807) is 4.90 Å². The summed E-state index contributed by atoms with van der Waals surface area (Å²) in [7, 11) is 0. The molecule has 0 bridgehead atoms. The number of piperidine rings is 1. The van der Waals surface area contributed by atoms with Gasteiger partial charge < -0.3 is 19.5 Å². The largest absolute Gasteiger partial charge is 0.461 e. The smallest absolute Gasteiger partial charge is 0.410 e. The van der Waals surface area contributed by atoms with Crippen molar-refractivity contribution in [2.24, 2.45) is 5.41 Å². The summed E-state index contributed by atoms with van der Waals surface area (Å²) in [6, 6.07) is 7.48. The molecular formula is C23H35NO5. The number of likely N-dealkylation sites (tertiary alicyclic amines) is 1. The third-order valence-electron chi connectivity index (χ3n) is 4.82. The first-order valence-corrected chi connectivity index (χ1v) is 10.2. The minimum atomic E-state index is -1.06. The van der Waals surface area contributed by atoms with Gasteiger partial charge in [0.1, 0.15) is 12.2 Å². The highest BCUT2D eigenvalue weighted by Crippen LogP contribution is 2.35. The molecule has 1 heterocycles. The molecule has 1 saturated heterocycles. The fraction of sp³-hybridized carbons (Fsp3) is 0.652. The summed E-state index contributed by atoms with van der Waals surface area (Å²) in [6.07, 6.45) is 0.784. The third kappa shape index (κ3) is 7.03. The van der Waals surface area contributed by atoms with E-state index in [1.807, 2.05) is 65.8 Å². The standard InChI is InChI=1S/C23H35NO5/c1-21(2,3)15-19(25)28-16-17-9-7-8-10-18(17)23(27)11-13-24(14-12-23)20(26)29-22(4,5)6/h7-10,27H,11-16H2,1-6H3. The molecule has 1 aliphatic heterocycles. The van der Waals surface area contributed by atoms with Crippen molar-refractivity contribution in [3.63, 3.8) is 0 Å². The van der Waals surface area contributed by atoms with E-state index < -0.39 is 11.2 Å². The zero-order valence-corrected chi connectivity index (χ0v) is 18.6. The molecule has 29 heavy (non-hydrogen) atoms. The Balaban J connectivity index is 2.04. The predicted octanol–water partition coefficient (Wildman–Crippen LogP) is 4.38. The molecule has 0 unspecified atom stereocenters. The molecule has 162 valence electrons. The quantitative estimate of drug-likeness (QED) is 0.752. The van der Waals surface area contributed by atoms with Crippen molar-refractivity contribution in [1.29, 1.82) is 0 Å². The van der Waals surface area contributed by atoms with E-state index in [0.717, 1.165) is 11.1 Å². The van der Waals surface area contributed by atoms with E-state index in [1.165, 1.54) is 0 Å². The minimum Gasteiger partial charge on any atom is -0.461 e. The molecule has 0 radical (unpaired) electrons. The Morgan fingerprint density at radius 2 is 1.66 bits per heavy atom. The topological polar surface area (TPSA) is 76.1 Å². The number of benzene rings is 1. The Morgan fingerprint density at radius 3 is 2.21 bits per heavy atom. The molecule has 6 nitrogen and oxygen atoms in total. The summed E-state index contributed by atoms with van der Waals surface area (Å²) in [5.74, 6) is -0.251. The summed E-state index contributed by atoms with van der Waals surface area (Å²) in [5.41, 5.74) is -0.196. The number of aliphatic hydroxyl groups is 1. The lowest BCUT2D eigenvalue weighted by Gasteiger charge is -2.39. The highest BCUT2D eigenvalue weighted by atomic mass is 16.6. The number of carbonyl (C=O) groups excluding carboxylic acids is 2. The summed E-state index contributed by atoms with van der Waals surface area (Å²) < 4.78 is 10.9. The molecule has 6 heteroatoms. The zero-order chi connectivity index (χ0) is 21.9. The molecule has 0 atom stereocenters. The van der Waals surface area contributed by atoms with Crippen LogP contribution in [0.25, 0.3) is 0 Å². The van der Waals surface area contributed by atoms with Gasteiger partial charge in [0.05, 0.1) is 12.0 Å². The van der Waals surface area contributed by atoms with E-state index in [2.05, 4.69) is 0 Å². The van der Waals surface area contributed by atoms with Crippen LogP contribution in [0.15, 0.2) is 24.3 Å². The second-order valence-corrected chi connectivity index (χ2v) is 10.1. The van der Waals surface area contributed by atoms with Crippen LogP contribution in [0.5, 0.6) is 0 Å². The number of rotatable bonds is 4. The van der Waals surface area contributed by atoms with Gasteiger partial charge in [-0.1, -0.05) is 45.0 Å². The highest BCUT2D eigenvalue weighted by Gasteiger charge is 2.38. The van der Waals surface area contributed by atoms with Crippen LogP contribution in [0, 0.1) is 5.41 Å². The van der Waals surface area contributed by atoms with Crippen LogP contribution in [-0.4, -0.2) is 40.8 Å². The fourth-order valence-electron chi connectivity index (χ4n) is 3.40. The molecule has 1 aromatic rings. The first-order valence-electron chi connectivity index (χ1n) is 10.2. The first kappa shape index (κ1) is 23.2. The average Bonchev–Trinajstić information content (AvgIpc) is 2.58. The Labute approximate surface area is 174 Å². The van der Waals surface area contributed by atoms with E-state index in [4.69, 9.17) is 9.47 Å². The SMILES string of the molecule is CC(C)(C)CC(=O)OCc1ccccc1C1(O)CCN(C(=O)OC(C)(C)C)CC1. The normalized spacial score (nSPS) is 17.0. The minimum absolute atomic E-state index is 0.128. The van der Waals surface area contributed by atoms with E-state index in [0.29, 0.717) is 32.4 Å². The van der Waals surface area contributed by atoms with Gasteiger partial charge in [0.15, 0.2) is 0 Å². The van der Waals surface area contributed by atoms with Crippen LogP contribution in [0.3, 0.4) is 0 Å². The molecule has 1 N–H and O–H groups in total. The maximum atomic E-state index is 12.3. The molecule has 0 spiro atoms. The van der Waals surface area contributed by atoms with Crippen molar-refractivity contribution in [2.45, 2.75) is 78.6 Å². The number of carbonyl (C=O) groups is 2. The number of nitrogens with zero attached hydrogens (tertiary/aromatic N) is 1. The highest BCUT2D eigenvalue weighted by molar-refractivity contribution is 5.70. The van der Waals surface area contributed by atoms with E-state index in [-0.39, 0.29) is 24.1 Å². The number of esters is 1. The Bertz CT molecular complexity index is 722. The predicted molar refractivity (Wildman–Crippen MR) is 111 cm³/mol. The molecule has 0 aliphatic carbocycles. The van der Waals surface area contributed by atoms with Crippen LogP contribution >= 0.6 is 0 Å². The molecule has 0 aromatic heterocycles. The molecule has 1 aromatic carbocycles. The Hall–Kier alpha value is -2.08. The van der Waals surface area contributed by atoms with Crippen molar-refractivity contribution in [3.05, 3.63) is 35.4 Å². The van der Waals surface area contributed by atoms with Crippen molar-refractivity contribution >= 4 is 12.1 Å². The van der Waals surface area contributed by atoms with Gasteiger partial charge in [-0.15, -0.1) is 0 Å². The zero-order valence-electron chi connectivity index (χ0n) is 18.6. The van der Waals surface area contributed by atoms with Crippen LogP contribution in [-0.2, 0) is 26.5 Å². The maximum absolute atomic E-state index is 12.3. The molecule has 2 rings (SSSR count). The van der Waals surface area contributed by atoms with Crippen molar-refractivity contribution < 1.29 is 24.2 Å². The molecule has 0 saturated carbocycles. The number of hydrogen-bond donors (Lipinski definition) is 1. The van der Waals surface area contributed by atoms with Crippen LogP contribution < -0.4 is 0 Å². The van der Waals surface area contributed by atoms with Gasteiger partial charge in [-0.2, -0.15) is 0 Å². The van der Waals surface area contributed by atoms with Crippen molar-refractivity contribution in [2.75, 3.05) is 13.1 Å². The van der Waals surface area contributed by atoms with Gasteiger partial charge in [0.2, 0.25) is 0 Å². The number of hydrogen-bond acceptors (Lipinski definition) is 5. The molecule has 1 amide bonds. The summed E-state index contributed by atoms with van der Waals surface area (Å²) >= 11 is 0. The lowest BCUT2D eigenvalue weighted by molar-refractivity contribution is -0.147. The van der Waals surface area contributed by atoms with Crippen molar-refractivity contribution in [3.8, 4) is 0 Å². The van der Waals surface area contributed by atoms with Gasteiger partial charge in [0, 0.05) is 13.1 Å². The first-order chi connectivity index (χ1) is 13.3. The van der Waals surface area contributed by atoms with E-state index in [9.17, 15) is 14.7 Å². The van der Waals surface area contributed by atoms with Gasteiger partial charge in [-0.25, -0.2) is 4.79 Å². The number of amides is 1. The number of ether oxygens (including phenoxy) is 2. The Kier molecular flexibility index (Phi) is 6.99. The van der Waals surface area contributed by atoms with Gasteiger partial charge in [-0.05, 0) is 50.2 Å². The second-order valence-electron chi connectivity index (χ2n) is 10.1. The van der Waals surface area contributed by atoms with E-state index >= 15 is 0 Å². The van der Waals surface area contributed by atoms with Gasteiger partial charge in [0.25, 0.3) is 0 Å². The van der Waals surface area contributed by atoms with Crippen LogP contribution in [0.4, 0.5) is 4.79 Å². The molecular weight excluding hydrogens is 370 g/mol. The van der Waals surface area contributed by atoms with Crippen molar-refractivity contribution in [1.82, 2.24) is 4.90 Å². The average molecular weight is 406 g/mol. The third-order valence-corrected chi connectivity index (χ3v) is 4.82.